The van der Waals surface area contributed by atoms with Crippen molar-refractivity contribution in [2.45, 2.75) is 19.4 Å². The maximum Gasteiger partial charge on any atom is 0.274 e. The highest BCUT2D eigenvalue weighted by molar-refractivity contribution is 6.30. The van der Waals surface area contributed by atoms with Crippen molar-refractivity contribution in [2.24, 2.45) is 0 Å². The van der Waals surface area contributed by atoms with Gasteiger partial charge in [0.05, 0.1) is 7.11 Å². The van der Waals surface area contributed by atoms with Gasteiger partial charge in [-0.1, -0.05) is 23.7 Å². The minimum absolute atomic E-state index is 0.0212. The number of nitrogens with zero attached hydrogens (tertiary/aromatic N) is 3. The fraction of sp³-hybridized carbons (Fsp3) is 0.308. The Balaban J connectivity index is 1.32. The van der Waals surface area contributed by atoms with Crippen molar-refractivity contribution >= 4 is 29.1 Å². The average molecular weight is 480 g/mol. The van der Waals surface area contributed by atoms with Crippen molar-refractivity contribution in [3.63, 3.8) is 0 Å². The number of amides is 2. The standard InChI is InChI=1S/C26H26ClN3O4/c1-33-24-15-21(8-9-23(24)34-17-25(31)28-10-2-3-11-28)30-13-12-29-16-19(14-22(29)26(30)32)18-4-6-20(27)7-5-18/h4-9,14-16H,2-3,10-13,17H2,1H3. The summed E-state index contributed by atoms with van der Waals surface area (Å²) in [6.07, 6.45) is 4.08. The predicted molar refractivity (Wildman–Crippen MR) is 131 cm³/mol. The fourth-order valence-electron chi connectivity index (χ4n) is 4.51. The molecule has 2 amide bonds. The van der Waals surface area contributed by atoms with Crippen LogP contribution in [0.25, 0.3) is 11.1 Å². The molecule has 1 fully saturated rings. The number of benzene rings is 2. The molecular weight excluding hydrogens is 454 g/mol. The fourth-order valence-corrected chi connectivity index (χ4v) is 4.64. The highest BCUT2D eigenvalue weighted by Crippen LogP contribution is 2.34. The van der Waals surface area contributed by atoms with Crippen LogP contribution in [-0.2, 0) is 11.3 Å². The summed E-state index contributed by atoms with van der Waals surface area (Å²) in [5.41, 5.74) is 3.34. The summed E-state index contributed by atoms with van der Waals surface area (Å²) in [6.45, 7) is 2.77. The molecule has 176 valence electrons. The number of rotatable bonds is 6. The summed E-state index contributed by atoms with van der Waals surface area (Å²) in [6, 6.07) is 14.9. The highest BCUT2D eigenvalue weighted by atomic mass is 35.5. The number of carbonyl (C=O) groups excluding carboxylic acids is 2. The lowest BCUT2D eigenvalue weighted by molar-refractivity contribution is -0.132. The molecule has 2 aromatic carbocycles. The molecule has 2 aliphatic rings. The smallest absolute Gasteiger partial charge is 0.274 e. The van der Waals surface area contributed by atoms with Crippen molar-refractivity contribution in [1.29, 1.82) is 0 Å². The molecule has 3 aromatic rings. The number of likely N-dealkylation sites (tertiary alicyclic amines) is 1. The first-order chi connectivity index (χ1) is 16.5. The number of ether oxygens (including phenoxy) is 2. The summed E-state index contributed by atoms with van der Waals surface area (Å²) in [5, 5.41) is 0.678. The van der Waals surface area contributed by atoms with Crippen LogP contribution in [0.5, 0.6) is 11.5 Å². The van der Waals surface area contributed by atoms with Crippen LogP contribution >= 0.6 is 11.6 Å². The SMILES string of the molecule is COc1cc(N2CCn3cc(-c4ccc(Cl)cc4)cc3C2=O)ccc1OCC(=O)N1CCCC1. The highest BCUT2D eigenvalue weighted by Gasteiger charge is 2.27. The Bertz CT molecular complexity index is 1220. The van der Waals surface area contributed by atoms with E-state index in [4.69, 9.17) is 21.1 Å². The van der Waals surface area contributed by atoms with Crippen molar-refractivity contribution in [2.75, 3.05) is 38.3 Å². The maximum atomic E-state index is 13.3. The zero-order valence-corrected chi connectivity index (χ0v) is 19.8. The van der Waals surface area contributed by atoms with Gasteiger partial charge in [0, 0.05) is 54.7 Å². The Hall–Kier alpha value is -3.45. The Morgan fingerprint density at radius 3 is 2.44 bits per heavy atom. The minimum Gasteiger partial charge on any atom is -0.493 e. The van der Waals surface area contributed by atoms with Crippen molar-refractivity contribution in [1.82, 2.24) is 9.47 Å². The van der Waals surface area contributed by atoms with Gasteiger partial charge in [0.1, 0.15) is 5.69 Å². The van der Waals surface area contributed by atoms with Gasteiger partial charge in [-0.25, -0.2) is 0 Å². The lowest BCUT2D eigenvalue weighted by atomic mass is 10.1. The number of halogens is 1. The van der Waals surface area contributed by atoms with E-state index in [1.165, 1.54) is 0 Å². The van der Waals surface area contributed by atoms with Crippen LogP contribution in [0.1, 0.15) is 23.3 Å². The summed E-state index contributed by atoms with van der Waals surface area (Å²) >= 11 is 6.01. The van der Waals surface area contributed by atoms with Crippen molar-refractivity contribution in [3.05, 3.63) is 65.4 Å². The Labute approximate surface area is 203 Å². The zero-order chi connectivity index (χ0) is 23.7. The second-order valence-corrected chi connectivity index (χ2v) is 8.92. The van der Waals surface area contributed by atoms with E-state index in [-0.39, 0.29) is 18.4 Å². The topological polar surface area (TPSA) is 64.0 Å². The van der Waals surface area contributed by atoms with Crippen molar-refractivity contribution < 1.29 is 19.1 Å². The van der Waals surface area contributed by atoms with E-state index in [2.05, 4.69) is 0 Å². The van der Waals surface area contributed by atoms with Gasteiger partial charge in [-0.2, -0.15) is 0 Å². The van der Waals surface area contributed by atoms with Crippen LogP contribution in [-0.4, -0.2) is 54.6 Å². The van der Waals surface area contributed by atoms with Crippen LogP contribution in [0.2, 0.25) is 5.02 Å². The average Bonchev–Trinajstić information content (AvgIpc) is 3.54. The first-order valence-corrected chi connectivity index (χ1v) is 11.8. The molecule has 0 atom stereocenters. The van der Waals surface area contributed by atoms with Gasteiger partial charge in [0.2, 0.25) is 0 Å². The number of fused-ring (bicyclic) bond motifs is 1. The molecule has 7 nitrogen and oxygen atoms in total. The van der Waals surface area contributed by atoms with Gasteiger partial charge in [-0.3, -0.25) is 9.59 Å². The molecule has 0 saturated carbocycles. The molecule has 0 aliphatic carbocycles. The number of hydrogen-bond acceptors (Lipinski definition) is 4. The first-order valence-electron chi connectivity index (χ1n) is 11.4. The first kappa shape index (κ1) is 22.3. The van der Waals surface area contributed by atoms with Crippen molar-refractivity contribution in [3.8, 4) is 22.6 Å². The van der Waals surface area contributed by atoms with Gasteiger partial charge in [0.25, 0.3) is 11.8 Å². The van der Waals surface area contributed by atoms with Crippen LogP contribution in [0.3, 0.4) is 0 Å². The maximum absolute atomic E-state index is 13.3. The number of methoxy groups -OCH3 is 1. The normalized spacial score (nSPS) is 15.4. The Morgan fingerprint density at radius 2 is 1.71 bits per heavy atom. The van der Waals surface area contributed by atoms with E-state index in [1.54, 1.807) is 24.1 Å². The molecule has 1 saturated heterocycles. The van der Waals surface area contributed by atoms with Gasteiger partial charge >= 0.3 is 0 Å². The second-order valence-electron chi connectivity index (χ2n) is 8.48. The van der Waals surface area contributed by atoms with E-state index in [9.17, 15) is 9.59 Å². The molecular formula is C26H26ClN3O4. The van der Waals surface area contributed by atoms with Crippen LogP contribution < -0.4 is 14.4 Å². The molecule has 3 heterocycles. The molecule has 0 radical (unpaired) electrons. The lowest BCUT2D eigenvalue weighted by Gasteiger charge is -2.29. The van der Waals surface area contributed by atoms with E-state index >= 15 is 0 Å². The van der Waals surface area contributed by atoms with E-state index in [1.807, 2.05) is 52.1 Å². The largest absolute Gasteiger partial charge is 0.493 e. The van der Waals surface area contributed by atoms with E-state index in [0.29, 0.717) is 35.3 Å². The molecule has 0 spiro atoms. The summed E-state index contributed by atoms with van der Waals surface area (Å²) in [5.74, 6) is 0.873. The molecule has 34 heavy (non-hydrogen) atoms. The predicted octanol–water partition coefficient (Wildman–Crippen LogP) is 4.48. The number of hydrogen-bond donors (Lipinski definition) is 0. The van der Waals surface area contributed by atoms with Gasteiger partial charge < -0.3 is 23.8 Å². The number of carbonyl (C=O) groups is 2. The third-order valence-corrected chi connectivity index (χ3v) is 6.62. The monoisotopic (exact) mass is 479 g/mol. The van der Waals surface area contributed by atoms with Crippen LogP contribution in [0.15, 0.2) is 54.7 Å². The molecule has 1 aromatic heterocycles. The second kappa shape index (κ2) is 9.43. The summed E-state index contributed by atoms with van der Waals surface area (Å²) < 4.78 is 13.2. The molecule has 5 rings (SSSR count). The van der Waals surface area contributed by atoms with Gasteiger partial charge in [-0.05, 0) is 48.7 Å². The third-order valence-electron chi connectivity index (χ3n) is 6.37. The van der Waals surface area contributed by atoms with E-state index < -0.39 is 0 Å². The van der Waals surface area contributed by atoms with Crippen LogP contribution in [0, 0.1) is 0 Å². The van der Waals surface area contributed by atoms with Gasteiger partial charge in [0.15, 0.2) is 18.1 Å². The molecule has 2 aliphatic heterocycles. The Kier molecular flexibility index (Phi) is 6.20. The van der Waals surface area contributed by atoms with E-state index in [0.717, 1.165) is 42.7 Å². The molecule has 0 N–H and O–H groups in total. The summed E-state index contributed by atoms with van der Waals surface area (Å²) in [7, 11) is 1.55. The minimum atomic E-state index is -0.0774. The molecule has 8 heteroatoms. The van der Waals surface area contributed by atoms with Crippen LogP contribution in [0.4, 0.5) is 5.69 Å². The zero-order valence-electron chi connectivity index (χ0n) is 19.0. The number of anilines is 1. The molecule has 0 bridgehead atoms. The summed E-state index contributed by atoms with van der Waals surface area (Å²) in [4.78, 5) is 29.2. The number of aromatic nitrogens is 1. The van der Waals surface area contributed by atoms with Gasteiger partial charge in [-0.15, -0.1) is 0 Å². The lowest BCUT2D eigenvalue weighted by Crippen LogP contribution is -2.39. The quantitative estimate of drug-likeness (QED) is 0.523. The Morgan fingerprint density at radius 1 is 0.941 bits per heavy atom. The molecule has 0 unspecified atom stereocenters. The third kappa shape index (κ3) is 4.35.